The van der Waals surface area contributed by atoms with E-state index in [0.29, 0.717) is 35.4 Å². The monoisotopic (exact) mass is 412 g/mol. The van der Waals surface area contributed by atoms with E-state index in [0.717, 1.165) is 24.3 Å². The summed E-state index contributed by atoms with van der Waals surface area (Å²) in [6.07, 6.45) is 7.49. The third-order valence-electron chi connectivity index (χ3n) is 6.13. The van der Waals surface area contributed by atoms with Crippen molar-refractivity contribution in [2.45, 2.75) is 51.0 Å². The summed E-state index contributed by atoms with van der Waals surface area (Å²) in [6.45, 7) is 0.822. The van der Waals surface area contributed by atoms with Crippen molar-refractivity contribution in [3.8, 4) is 5.75 Å². The number of rotatable bonds is 5. The summed E-state index contributed by atoms with van der Waals surface area (Å²) < 4.78 is 5.52. The minimum atomic E-state index is -0.0744. The molecule has 2 amide bonds. The van der Waals surface area contributed by atoms with E-state index in [9.17, 15) is 9.59 Å². The van der Waals surface area contributed by atoms with Crippen molar-refractivity contribution in [1.29, 1.82) is 0 Å². The number of methoxy groups -OCH3 is 1. The summed E-state index contributed by atoms with van der Waals surface area (Å²) in [4.78, 5) is 28.7. The minimum absolute atomic E-state index is 0.0508. The lowest BCUT2D eigenvalue weighted by molar-refractivity contribution is -0.115. The maximum Gasteiger partial charge on any atom is 0.257 e. The molecular weight excluding hydrogens is 384 g/mol. The molecule has 1 saturated heterocycles. The van der Waals surface area contributed by atoms with Crippen LogP contribution in [0.5, 0.6) is 5.75 Å². The smallest absolute Gasteiger partial charge is 0.257 e. The number of likely N-dealkylation sites (tertiary alicyclic amines) is 1. The van der Waals surface area contributed by atoms with Gasteiger partial charge in [0.1, 0.15) is 5.75 Å². The molecule has 29 heavy (non-hydrogen) atoms. The third kappa shape index (κ3) is 4.47. The summed E-state index contributed by atoms with van der Waals surface area (Å²) >= 11 is 1.56. The fourth-order valence-corrected chi connectivity index (χ4v) is 5.46. The fourth-order valence-electron chi connectivity index (χ4n) is 4.75. The third-order valence-corrected chi connectivity index (χ3v) is 7.01. The number of nitrogens with one attached hydrogen (secondary N) is 1. The lowest BCUT2D eigenvalue weighted by Gasteiger charge is -2.44. The van der Waals surface area contributed by atoms with Crippen LogP contribution in [0.15, 0.2) is 35.7 Å². The topological polar surface area (TPSA) is 58.6 Å². The summed E-state index contributed by atoms with van der Waals surface area (Å²) in [7, 11) is 1.57. The van der Waals surface area contributed by atoms with Gasteiger partial charge in [-0.1, -0.05) is 18.9 Å². The van der Waals surface area contributed by atoms with Crippen molar-refractivity contribution in [2.24, 2.45) is 5.92 Å². The summed E-state index contributed by atoms with van der Waals surface area (Å²) in [5.74, 6) is 1.13. The van der Waals surface area contributed by atoms with Crippen molar-refractivity contribution < 1.29 is 14.3 Å². The molecule has 0 radical (unpaired) electrons. The summed E-state index contributed by atoms with van der Waals surface area (Å²) in [5, 5.41) is 4.87. The number of anilines is 1. The lowest BCUT2D eigenvalue weighted by Crippen LogP contribution is -2.49. The average Bonchev–Trinajstić information content (AvgIpc) is 3.25. The first-order valence-electron chi connectivity index (χ1n) is 10.5. The van der Waals surface area contributed by atoms with Gasteiger partial charge in [-0.05, 0) is 55.2 Å². The van der Waals surface area contributed by atoms with Crippen molar-refractivity contribution >= 4 is 28.8 Å². The highest BCUT2D eigenvalue weighted by Gasteiger charge is 2.36. The van der Waals surface area contributed by atoms with E-state index in [-0.39, 0.29) is 11.8 Å². The Morgan fingerprint density at radius 3 is 2.79 bits per heavy atom. The Labute approximate surface area is 176 Å². The summed E-state index contributed by atoms with van der Waals surface area (Å²) in [6, 6.07) is 9.58. The average molecular weight is 413 g/mol. The van der Waals surface area contributed by atoms with Gasteiger partial charge in [0.05, 0.1) is 19.1 Å². The largest absolute Gasteiger partial charge is 0.496 e. The van der Waals surface area contributed by atoms with Gasteiger partial charge in [-0.15, -0.1) is 11.3 Å². The van der Waals surface area contributed by atoms with Crippen LogP contribution in [0.3, 0.4) is 0 Å². The Balaban J connectivity index is 1.48. The van der Waals surface area contributed by atoms with Crippen LogP contribution in [-0.4, -0.2) is 36.4 Å². The number of amides is 2. The zero-order valence-corrected chi connectivity index (χ0v) is 17.7. The number of carbonyl (C=O) groups is 2. The molecule has 5 nitrogen and oxygen atoms in total. The molecule has 2 atom stereocenters. The van der Waals surface area contributed by atoms with Crippen molar-refractivity contribution in [3.05, 3.63) is 46.2 Å². The highest BCUT2D eigenvalue weighted by molar-refractivity contribution is 7.10. The first-order valence-corrected chi connectivity index (χ1v) is 11.3. The van der Waals surface area contributed by atoms with Gasteiger partial charge in [0.2, 0.25) is 5.91 Å². The van der Waals surface area contributed by atoms with Crippen LogP contribution >= 0.6 is 11.3 Å². The number of carbonyl (C=O) groups excluding carboxylic acids is 2. The summed E-state index contributed by atoms with van der Waals surface area (Å²) in [5.41, 5.74) is 1.23. The number of fused-ring (bicyclic) bond motifs is 1. The van der Waals surface area contributed by atoms with Gasteiger partial charge in [0.15, 0.2) is 0 Å². The highest BCUT2D eigenvalue weighted by atomic mass is 32.1. The van der Waals surface area contributed by atoms with Crippen molar-refractivity contribution in [1.82, 2.24) is 4.90 Å². The molecule has 2 aliphatic rings. The van der Waals surface area contributed by atoms with Crippen LogP contribution in [0.1, 0.15) is 53.8 Å². The second-order valence-corrected chi connectivity index (χ2v) is 9.00. The van der Waals surface area contributed by atoms with Crippen LogP contribution in [-0.2, 0) is 11.2 Å². The first kappa shape index (κ1) is 20.0. The number of hydrogen-bond acceptors (Lipinski definition) is 4. The van der Waals surface area contributed by atoms with Crippen LogP contribution in [0.2, 0.25) is 0 Å². The zero-order valence-electron chi connectivity index (χ0n) is 16.9. The Kier molecular flexibility index (Phi) is 6.19. The molecular formula is C23H28N2O3S. The molecule has 4 rings (SSSR count). The molecule has 1 aromatic carbocycles. The molecule has 0 spiro atoms. The molecule has 1 N–H and O–H groups in total. The van der Waals surface area contributed by atoms with Gasteiger partial charge in [-0.25, -0.2) is 0 Å². The number of benzene rings is 1. The fraction of sp³-hybridized carbons (Fsp3) is 0.478. The molecule has 0 bridgehead atoms. The molecule has 154 valence electrons. The second-order valence-electron chi connectivity index (χ2n) is 7.97. The number of piperidine rings is 1. The van der Waals surface area contributed by atoms with Gasteiger partial charge in [0.25, 0.3) is 5.91 Å². The number of thiophene rings is 1. The van der Waals surface area contributed by atoms with E-state index in [4.69, 9.17) is 4.74 Å². The number of nitrogens with zero attached hydrogens (tertiary/aromatic N) is 1. The Hall–Kier alpha value is -2.34. The Bertz CT molecular complexity index is 863. The standard InChI is InChI=1S/C23H28N2O3S/c1-28-21-14-17(24-22(26)15-18-8-5-13-29-18)10-11-19(21)23(27)25-12-4-7-16-6-2-3-9-20(16)25/h5,8,10-11,13-14,16,20H,2-4,6-7,9,12,15H2,1H3,(H,24,26)/t16-,20-/m0/s1. The second kappa shape index (κ2) is 8.99. The molecule has 1 aliphatic heterocycles. The highest BCUT2D eigenvalue weighted by Crippen LogP contribution is 2.37. The van der Waals surface area contributed by atoms with Crippen LogP contribution in [0.25, 0.3) is 0 Å². The van der Waals surface area contributed by atoms with Gasteiger partial charge in [0, 0.05) is 29.2 Å². The van der Waals surface area contributed by atoms with Crippen molar-refractivity contribution in [3.63, 3.8) is 0 Å². The first-order chi connectivity index (χ1) is 14.2. The predicted molar refractivity (Wildman–Crippen MR) is 116 cm³/mol. The SMILES string of the molecule is COc1cc(NC(=O)Cc2cccs2)ccc1C(=O)N1CCC[C@@H]2CCCC[C@@H]21. The maximum absolute atomic E-state index is 13.3. The molecule has 1 saturated carbocycles. The van der Waals surface area contributed by atoms with Gasteiger partial charge in [-0.2, -0.15) is 0 Å². The molecule has 0 unspecified atom stereocenters. The molecule has 2 heterocycles. The van der Waals surface area contributed by atoms with E-state index in [1.807, 2.05) is 17.5 Å². The van der Waals surface area contributed by atoms with Gasteiger partial charge in [-0.3, -0.25) is 9.59 Å². The minimum Gasteiger partial charge on any atom is -0.496 e. The van der Waals surface area contributed by atoms with Gasteiger partial charge >= 0.3 is 0 Å². The van der Waals surface area contributed by atoms with Crippen molar-refractivity contribution in [2.75, 3.05) is 19.0 Å². The zero-order chi connectivity index (χ0) is 20.2. The van der Waals surface area contributed by atoms with E-state index < -0.39 is 0 Å². The van der Waals surface area contributed by atoms with E-state index in [2.05, 4.69) is 10.2 Å². The molecule has 1 aromatic heterocycles. The molecule has 6 heteroatoms. The van der Waals surface area contributed by atoms with Crippen LogP contribution in [0.4, 0.5) is 5.69 Å². The number of hydrogen-bond donors (Lipinski definition) is 1. The van der Waals surface area contributed by atoms with Crippen LogP contribution in [0, 0.1) is 5.92 Å². The van der Waals surface area contributed by atoms with E-state index in [1.165, 1.54) is 25.7 Å². The Morgan fingerprint density at radius 1 is 1.17 bits per heavy atom. The van der Waals surface area contributed by atoms with E-state index >= 15 is 0 Å². The normalized spacial score (nSPS) is 21.3. The van der Waals surface area contributed by atoms with Crippen LogP contribution < -0.4 is 10.1 Å². The Morgan fingerprint density at radius 2 is 2.00 bits per heavy atom. The predicted octanol–water partition coefficient (Wildman–Crippen LogP) is 4.73. The molecule has 1 aliphatic carbocycles. The molecule has 2 fully saturated rings. The molecule has 2 aromatic rings. The maximum atomic E-state index is 13.3. The van der Waals surface area contributed by atoms with E-state index in [1.54, 1.807) is 36.6 Å². The quantitative estimate of drug-likeness (QED) is 0.772. The lowest BCUT2D eigenvalue weighted by atomic mass is 9.78. The number of ether oxygens (including phenoxy) is 1. The van der Waals surface area contributed by atoms with Gasteiger partial charge < -0.3 is 15.0 Å².